The Labute approximate surface area is 265 Å². The highest BCUT2D eigenvalue weighted by Gasteiger charge is 2.19. The van der Waals surface area contributed by atoms with Crippen molar-refractivity contribution in [1.82, 2.24) is 5.32 Å². The summed E-state index contributed by atoms with van der Waals surface area (Å²) in [5, 5.41) is 19.6. The number of azo groups is 1. The molecule has 13 heteroatoms. The summed E-state index contributed by atoms with van der Waals surface area (Å²) in [6.45, 7) is 1.97. The number of nitrogens with zero attached hydrogens (tertiary/aromatic N) is 2. The number of unbranched alkanes of at least 4 members (excludes halogenated alkanes) is 1. The van der Waals surface area contributed by atoms with Crippen LogP contribution in [0.1, 0.15) is 53.3 Å². The molecule has 1 heterocycles. The number of amides is 1. The van der Waals surface area contributed by atoms with E-state index < -0.39 is 23.8 Å². The van der Waals surface area contributed by atoms with Crippen molar-refractivity contribution in [2.75, 3.05) is 6.54 Å². The van der Waals surface area contributed by atoms with E-state index in [1.807, 2.05) is 25.1 Å². The van der Waals surface area contributed by atoms with Gasteiger partial charge in [0.05, 0.1) is 17.8 Å². The quantitative estimate of drug-likeness (QED) is 0.0486. The van der Waals surface area contributed by atoms with Crippen molar-refractivity contribution in [3.63, 3.8) is 0 Å². The molecule has 0 atom stereocenters. The molecule has 10 nitrogen and oxygen atoms in total. The summed E-state index contributed by atoms with van der Waals surface area (Å²) in [4.78, 5) is 49.4. The first-order valence-corrected chi connectivity index (χ1v) is 16.1. The highest BCUT2D eigenvalue weighted by molar-refractivity contribution is 7.80. The molecule has 4 aromatic rings. The van der Waals surface area contributed by atoms with Crippen molar-refractivity contribution in [2.45, 2.75) is 32.6 Å². The number of carboxylic acids is 1. The van der Waals surface area contributed by atoms with Gasteiger partial charge in [-0.2, -0.15) is 10.2 Å². The van der Waals surface area contributed by atoms with E-state index in [1.165, 1.54) is 34.6 Å². The lowest BCUT2D eigenvalue weighted by Gasteiger charge is -2.11. The Hall–Kier alpha value is -4.59. The predicted molar refractivity (Wildman–Crippen MR) is 170 cm³/mol. The van der Waals surface area contributed by atoms with Gasteiger partial charge in [-0.1, -0.05) is 46.2 Å². The monoisotopic (exact) mass is 649 g/mol. The molecule has 0 aliphatic heterocycles. The van der Waals surface area contributed by atoms with Gasteiger partial charge in [-0.15, -0.1) is 0 Å². The molecule has 2 N–H and O–H groups in total. The minimum absolute atomic E-state index is 0.000407. The van der Waals surface area contributed by atoms with Crippen molar-refractivity contribution in [3.8, 4) is 21.9 Å². The van der Waals surface area contributed by atoms with Gasteiger partial charge in [0.15, 0.2) is 0 Å². The van der Waals surface area contributed by atoms with Crippen LogP contribution in [0.3, 0.4) is 0 Å². The normalized spacial score (nSPS) is 10.8. The number of benzene rings is 3. The van der Waals surface area contributed by atoms with Gasteiger partial charge < -0.3 is 19.9 Å². The third kappa shape index (κ3) is 9.46. The number of ether oxygens (including phenoxy) is 2. The Morgan fingerprint density at radius 1 is 0.864 bits per heavy atom. The van der Waals surface area contributed by atoms with Crippen LogP contribution < -0.4 is 14.8 Å². The summed E-state index contributed by atoms with van der Waals surface area (Å²) in [6.07, 6.45) is 1.49. The maximum atomic E-state index is 13.3. The van der Waals surface area contributed by atoms with Gasteiger partial charge in [0.2, 0.25) is 0 Å². The van der Waals surface area contributed by atoms with Crippen LogP contribution in [0.2, 0.25) is 0 Å². The van der Waals surface area contributed by atoms with E-state index >= 15 is 0 Å². The second-order valence-electron chi connectivity index (χ2n) is 9.31. The third-order valence-corrected chi connectivity index (χ3v) is 8.90. The number of rotatable bonds is 13. The van der Waals surface area contributed by atoms with E-state index in [4.69, 9.17) is 26.8 Å². The second kappa shape index (κ2) is 15.8. The van der Waals surface area contributed by atoms with Crippen LogP contribution in [-0.2, 0) is 9.59 Å². The Morgan fingerprint density at radius 3 is 2.23 bits per heavy atom. The van der Waals surface area contributed by atoms with Crippen molar-refractivity contribution in [2.24, 2.45) is 10.2 Å². The summed E-state index contributed by atoms with van der Waals surface area (Å²) in [6, 6.07) is 19.6. The van der Waals surface area contributed by atoms with Crippen LogP contribution >= 0.6 is 32.9 Å². The molecule has 226 valence electrons. The van der Waals surface area contributed by atoms with Crippen molar-refractivity contribution in [1.29, 1.82) is 0 Å². The maximum Gasteiger partial charge on any atom is 0.347 e. The summed E-state index contributed by atoms with van der Waals surface area (Å²) in [7, 11) is 3.08. The van der Waals surface area contributed by atoms with Crippen LogP contribution in [0, 0.1) is 3.82 Å². The zero-order chi connectivity index (χ0) is 31.5. The average Bonchev–Trinajstić information content (AvgIpc) is 3.46. The second-order valence-corrected chi connectivity index (χ2v) is 12.2. The van der Waals surface area contributed by atoms with E-state index in [-0.39, 0.29) is 30.7 Å². The van der Waals surface area contributed by atoms with Gasteiger partial charge in [-0.3, -0.25) is 14.4 Å². The van der Waals surface area contributed by atoms with E-state index in [1.54, 1.807) is 40.7 Å². The minimum Gasteiger partial charge on any atom is -0.481 e. The standard InChI is InChI=1S/C31H27N3O7S3/c1-2-3-4-28(37)41-25-14-11-22(34-33-21-9-5-20(6-10-21)30(38)32-16-15-27(35)36)17-24(25)31(39)40-23-12-7-19(8-13-23)26-18-29(42)44-43-26/h5-14,17-18H,2-4,15-16H2,1H3,(H,32,38)(H,35,36). The number of aliphatic carboxylic acids is 1. The molecule has 0 aliphatic rings. The molecule has 0 unspecified atom stereocenters. The number of hydrogen-bond acceptors (Lipinski definition) is 11. The van der Waals surface area contributed by atoms with Crippen molar-refractivity contribution >= 4 is 68.1 Å². The molecule has 1 amide bonds. The summed E-state index contributed by atoms with van der Waals surface area (Å²) in [5.41, 5.74) is 2.01. The van der Waals surface area contributed by atoms with Crippen LogP contribution in [0.15, 0.2) is 83.0 Å². The van der Waals surface area contributed by atoms with E-state index in [0.717, 1.165) is 20.7 Å². The summed E-state index contributed by atoms with van der Waals surface area (Å²) in [5.74, 6) is -2.27. The fourth-order valence-electron chi connectivity index (χ4n) is 3.73. The van der Waals surface area contributed by atoms with Gasteiger partial charge in [-0.05, 0) is 84.8 Å². The van der Waals surface area contributed by atoms with Gasteiger partial charge in [0, 0.05) is 23.4 Å². The van der Waals surface area contributed by atoms with Crippen LogP contribution in [0.5, 0.6) is 11.5 Å². The first-order chi connectivity index (χ1) is 21.2. The van der Waals surface area contributed by atoms with Crippen LogP contribution in [-0.4, -0.2) is 35.5 Å². The zero-order valence-electron chi connectivity index (χ0n) is 23.5. The van der Waals surface area contributed by atoms with Crippen molar-refractivity contribution < 1.29 is 33.8 Å². The Kier molecular flexibility index (Phi) is 11.6. The number of carbonyl (C=O) groups excluding carboxylic acids is 3. The highest BCUT2D eigenvalue weighted by Crippen LogP contribution is 2.32. The lowest BCUT2D eigenvalue weighted by molar-refractivity contribution is -0.137. The molecule has 3 aromatic carbocycles. The molecule has 0 saturated heterocycles. The predicted octanol–water partition coefficient (Wildman–Crippen LogP) is 8.14. The maximum absolute atomic E-state index is 13.3. The van der Waals surface area contributed by atoms with E-state index in [9.17, 15) is 19.2 Å². The molecule has 0 spiro atoms. The minimum atomic E-state index is -1.00. The molecule has 0 aliphatic carbocycles. The Balaban J connectivity index is 1.50. The van der Waals surface area contributed by atoms with Gasteiger partial charge in [0.25, 0.3) is 5.91 Å². The van der Waals surface area contributed by atoms with E-state index in [0.29, 0.717) is 29.1 Å². The molecule has 0 fully saturated rings. The van der Waals surface area contributed by atoms with Crippen LogP contribution in [0.25, 0.3) is 10.4 Å². The van der Waals surface area contributed by atoms with Gasteiger partial charge >= 0.3 is 17.9 Å². The first-order valence-electron chi connectivity index (χ1n) is 13.5. The molecular formula is C31H27N3O7S3. The van der Waals surface area contributed by atoms with Gasteiger partial charge in [-0.25, -0.2) is 4.79 Å². The number of carboxylic acid groups (broad SMARTS) is 1. The lowest BCUT2D eigenvalue weighted by atomic mass is 10.1. The Bertz CT molecular complexity index is 1730. The smallest absolute Gasteiger partial charge is 0.347 e. The molecular weight excluding hydrogens is 623 g/mol. The lowest BCUT2D eigenvalue weighted by Crippen LogP contribution is -2.25. The Morgan fingerprint density at radius 2 is 1.57 bits per heavy atom. The van der Waals surface area contributed by atoms with Crippen LogP contribution in [0.4, 0.5) is 11.4 Å². The SMILES string of the molecule is CCCCC(=O)Oc1ccc(N=Nc2ccc(C(=O)NCCC(=O)O)cc2)cc1C(=O)Oc1ccc(-c2cc(=S)ss2)cc1. The molecule has 0 radical (unpaired) electrons. The fraction of sp³-hybridized carbons (Fsp3) is 0.194. The molecule has 44 heavy (non-hydrogen) atoms. The molecule has 1 aromatic heterocycles. The number of esters is 2. The number of nitrogens with one attached hydrogen (secondary N) is 1. The molecule has 4 rings (SSSR count). The molecule has 0 bridgehead atoms. The summed E-state index contributed by atoms with van der Waals surface area (Å²) < 4.78 is 11.9. The highest BCUT2D eigenvalue weighted by atomic mass is 32.9. The zero-order valence-corrected chi connectivity index (χ0v) is 25.9. The topological polar surface area (TPSA) is 144 Å². The fourth-order valence-corrected chi connectivity index (χ4v) is 6.13. The first kappa shape index (κ1) is 32.3. The summed E-state index contributed by atoms with van der Waals surface area (Å²) >= 11 is 5.21. The largest absolute Gasteiger partial charge is 0.481 e. The molecule has 0 saturated carbocycles. The van der Waals surface area contributed by atoms with Crippen molar-refractivity contribution in [3.05, 3.63) is 87.7 Å². The number of carbonyl (C=O) groups is 4. The number of hydrogen-bond donors (Lipinski definition) is 2. The average molecular weight is 650 g/mol. The van der Waals surface area contributed by atoms with E-state index in [2.05, 4.69) is 15.5 Å². The van der Waals surface area contributed by atoms with Gasteiger partial charge in [0.1, 0.15) is 20.9 Å². The third-order valence-electron chi connectivity index (χ3n) is 5.99.